The van der Waals surface area contributed by atoms with Gasteiger partial charge in [0.1, 0.15) is 0 Å². The SMILES string of the molecule is CN(CCC(F)(F)F)C(=O)C(F)(F)F. The molecule has 0 saturated carbocycles. The van der Waals surface area contributed by atoms with Gasteiger partial charge in [-0.2, -0.15) is 26.3 Å². The minimum Gasteiger partial charge on any atom is -0.338 e. The van der Waals surface area contributed by atoms with Gasteiger partial charge in [-0.1, -0.05) is 0 Å². The molecule has 0 spiro atoms. The molecule has 0 fully saturated rings. The lowest BCUT2D eigenvalue weighted by atomic mass is 10.4. The van der Waals surface area contributed by atoms with Crippen LogP contribution < -0.4 is 0 Å². The summed E-state index contributed by atoms with van der Waals surface area (Å²) in [6, 6.07) is 0. The topological polar surface area (TPSA) is 20.3 Å². The fraction of sp³-hybridized carbons (Fsp3) is 0.833. The number of rotatable bonds is 2. The number of hydrogen-bond donors (Lipinski definition) is 0. The number of hydrogen-bond acceptors (Lipinski definition) is 1. The monoisotopic (exact) mass is 223 g/mol. The maximum atomic E-state index is 11.6. The Morgan fingerprint density at radius 2 is 1.57 bits per heavy atom. The summed E-state index contributed by atoms with van der Waals surface area (Å²) in [4.78, 5) is 10.3. The van der Waals surface area contributed by atoms with Gasteiger partial charge in [-0.15, -0.1) is 0 Å². The van der Waals surface area contributed by atoms with Crippen LogP contribution >= 0.6 is 0 Å². The van der Waals surface area contributed by atoms with Gasteiger partial charge in [-0.3, -0.25) is 4.79 Å². The summed E-state index contributed by atoms with van der Waals surface area (Å²) < 4.78 is 69.6. The molecule has 0 aromatic heterocycles. The van der Waals surface area contributed by atoms with E-state index in [1.807, 2.05) is 0 Å². The van der Waals surface area contributed by atoms with E-state index in [-0.39, 0.29) is 4.90 Å². The highest BCUT2D eigenvalue weighted by Crippen LogP contribution is 2.22. The average molecular weight is 223 g/mol. The quantitative estimate of drug-likeness (QED) is 0.655. The summed E-state index contributed by atoms with van der Waals surface area (Å²) in [6.45, 7) is -0.998. The Hall–Kier alpha value is -0.950. The number of amides is 1. The van der Waals surface area contributed by atoms with Gasteiger partial charge in [-0.25, -0.2) is 0 Å². The molecule has 0 aliphatic carbocycles. The molecular formula is C6H7F6NO. The normalized spacial score (nSPS) is 12.8. The number of alkyl halides is 6. The van der Waals surface area contributed by atoms with E-state index in [2.05, 4.69) is 0 Å². The van der Waals surface area contributed by atoms with Gasteiger partial charge in [0, 0.05) is 13.6 Å². The second kappa shape index (κ2) is 4.05. The van der Waals surface area contributed by atoms with Gasteiger partial charge >= 0.3 is 18.3 Å². The Kier molecular flexibility index (Phi) is 3.78. The molecule has 0 rings (SSSR count). The molecule has 1 amide bonds. The van der Waals surface area contributed by atoms with Crippen molar-refractivity contribution >= 4 is 5.91 Å². The van der Waals surface area contributed by atoms with Crippen molar-refractivity contribution < 1.29 is 31.1 Å². The molecule has 14 heavy (non-hydrogen) atoms. The van der Waals surface area contributed by atoms with Crippen LogP contribution in [0.25, 0.3) is 0 Å². The van der Waals surface area contributed by atoms with Crippen LogP contribution in [0.2, 0.25) is 0 Å². The van der Waals surface area contributed by atoms with E-state index in [1.165, 1.54) is 0 Å². The predicted octanol–water partition coefficient (Wildman–Crippen LogP) is 1.96. The zero-order chi connectivity index (χ0) is 11.6. The van der Waals surface area contributed by atoms with E-state index < -0.39 is 31.2 Å². The first-order valence-corrected chi connectivity index (χ1v) is 3.43. The van der Waals surface area contributed by atoms with Crippen molar-refractivity contribution in [3.05, 3.63) is 0 Å². The fourth-order valence-electron chi connectivity index (χ4n) is 0.612. The van der Waals surface area contributed by atoms with Crippen molar-refractivity contribution in [1.29, 1.82) is 0 Å². The number of carbonyl (C=O) groups is 1. The molecule has 0 atom stereocenters. The van der Waals surface area contributed by atoms with Crippen molar-refractivity contribution in [3.63, 3.8) is 0 Å². The maximum absolute atomic E-state index is 11.6. The number of nitrogens with zero attached hydrogens (tertiary/aromatic N) is 1. The van der Waals surface area contributed by atoms with E-state index in [0.717, 1.165) is 0 Å². The van der Waals surface area contributed by atoms with Crippen molar-refractivity contribution in [1.82, 2.24) is 4.90 Å². The summed E-state index contributed by atoms with van der Waals surface area (Å²) in [6.07, 6.45) is -11.1. The molecule has 2 nitrogen and oxygen atoms in total. The third kappa shape index (κ3) is 4.93. The average Bonchev–Trinajstić information content (AvgIpc) is 1.95. The van der Waals surface area contributed by atoms with Crippen LogP contribution in [0.4, 0.5) is 26.3 Å². The molecule has 0 aliphatic rings. The van der Waals surface area contributed by atoms with Gasteiger partial charge in [0.25, 0.3) is 0 Å². The molecule has 0 heterocycles. The van der Waals surface area contributed by atoms with E-state index in [0.29, 0.717) is 7.05 Å². The highest BCUT2D eigenvalue weighted by molar-refractivity contribution is 5.81. The second-order valence-corrected chi connectivity index (χ2v) is 2.59. The van der Waals surface area contributed by atoms with Crippen molar-refractivity contribution in [2.45, 2.75) is 18.8 Å². The Bertz CT molecular complexity index is 207. The lowest BCUT2D eigenvalue weighted by molar-refractivity contribution is -0.186. The summed E-state index contributed by atoms with van der Waals surface area (Å²) in [5.74, 6) is -2.28. The van der Waals surface area contributed by atoms with Crippen molar-refractivity contribution in [2.75, 3.05) is 13.6 Å². The van der Waals surface area contributed by atoms with Crippen molar-refractivity contribution in [3.8, 4) is 0 Å². The minimum absolute atomic E-state index is 0.00646. The minimum atomic E-state index is -5.12. The fourth-order valence-corrected chi connectivity index (χ4v) is 0.612. The van der Waals surface area contributed by atoms with E-state index >= 15 is 0 Å². The molecule has 0 aromatic rings. The lowest BCUT2D eigenvalue weighted by Crippen LogP contribution is -2.40. The molecule has 0 aliphatic heterocycles. The van der Waals surface area contributed by atoms with Crippen LogP contribution in [-0.4, -0.2) is 36.8 Å². The smallest absolute Gasteiger partial charge is 0.338 e. The summed E-state index contributed by atoms with van der Waals surface area (Å²) in [5, 5.41) is 0. The predicted molar refractivity (Wildman–Crippen MR) is 34.4 cm³/mol. The van der Waals surface area contributed by atoms with E-state index in [4.69, 9.17) is 0 Å². The Labute approximate surface area is 75.5 Å². The van der Waals surface area contributed by atoms with Gasteiger partial charge in [0.15, 0.2) is 0 Å². The molecule has 0 N–H and O–H groups in total. The molecule has 0 unspecified atom stereocenters. The third-order valence-corrected chi connectivity index (χ3v) is 1.32. The first-order valence-electron chi connectivity index (χ1n) is 3.43. The number of halogens is 6. The highest BCUT2D eigenvalue weighted by Gasteiger charge is 2.42. The summed E-state index contributed by atoms with van der Waals surface area (Å²) >= 11 is 0. The van der Waals surface area contributed by atoms with E-state index in [1.54, 1.807) is 0 Å². The summed E-state index contributed by atoms with van der Waals surface area (Å²) in [5.41, 5.74) is 0. The van der Waals surface area contributed by atoms with Gasteiger partial charge in [-0.05, 0) is 0 Å². The molecule has 8 heteroatoms. The first-order chi connectivity index (χ1) is 6.04. The zero-order valence-electron chi connectivity index (χ0n) is 7.04. The van der Waals surface area contributed by atoms with Crippen LogP contribution in [0.1, 0.15) is 6.42 Å². The van der Waals surface area contributed by atoms with Crippen LogP contribution in [0, 0.1) is 0 Å². The molecule has 84 valence electrons. The Morgan fingerprint density at radius 1 is 1.14 bits per heavy atom. The molecule has 0 saturated heterocycles. The van der Waals surface area contributed by atoms with Crippen LogP contribution in [0.3, 0.4) is 0 Å². The standard InChI is InChI=1S/C6H7F6NO/c1-13(3-2-5(7,8)9)4(14)6(10,11)12/h2-3H2,1H3. The van der Waals surface area contributed by atoms with Crippen LogP contribution in [-0.2, 0) is 4.79 Å². The highest BCUT2D eigenvalue weighted by atomic mass is 19.4. The molecule has 0 aromatic carbocycles. The van der Waals surface area contributed by atoms with Crippen LogP contribution in [0.5, 0.6) is 0 Å². The molecular weight excluding hydrogens is 216 g/mol. The van der Waals surface area contributed by atoms with Crippen LogP contribution in [0.15, 0.2) is 0 Å². The maximum Gasteiger partial charge on any atom is 0.471 e. The summed E-state index contributed by atoms with van der Waals surface area (Å²) in [7, 11) is 0.668. The van der Waals surface area contributed by atoms with E-state index in [9.17, 15) is 31.1 Å². The zero-order valence-corrected chi connectivity index (χ0v) is 7.04. The molecule has 0 bridgehead atoms. The van der Waals surface area contributed by atoms with Crippen molar-refractivity contribution in [2.24, 2.45) is 0 Å². The number of carbonyl (C=O) groups excluding carboxylic acids is 1. The third-order valence-electron chi connectivity index (χ3n) is 1.32. The van der Waals surface area contributed by atoms with Gasteiger partial charge in [0.05, 0.1) is 6.42 Å². The lowest BCUT2D eigenvalue weighted by Gasteiger charge is -2.19. The largest absolute Gasteiger partial charge is 0.471 e. The first kappa shape index (κ1) is 13.1. The van der Waals surface area contributed by atoms with Gasteiger partial charge in [0.2, 0.25) is 0 Å². The molecule has 0 radical (unpaired) electrons. The Morgan fingerprint density at radius 3 is 1.86 bits per heavy atom. The van der Waals surface area contributed by atoms with Gasteiger partial charge < -0.3 is 4.90 Å². The Balaban J connectivity index is 4.11. The second-order valence-electron chi connectivity index (χ2n) is 2.59.